The average Bonchev–Trinajstić information content (AvgIpc) is 2.68. The van der Waals surface area contributed by atoms with Gasteiger partial charge in [0, 0.05) is 25.2 Å². The molecule has 1 amide bonds. The number of amides is 1. The molecule has 1 unspecified atom stereocenters. The Labute approximate surface area is 168 Å². The second-order valence-corrected chi connectivity index (χ2v) is 7.11. The number of benzene rings is 2. The highest BCUT2D eigenvalue weighted by Crippen LogP contribution is 2.26. The molecular formula is C20H21Cl2FN2O2. The van der Waals surface area contributed by atoms with Gasteiger partial charge < -0.3 is 10.1 Å². The standard InChI is InChI=1S/C20H21Cl2FN2O2/c21-16-6-3-4-14(18(16)22)8-9-24-20(26)19(25-10-12-27-13-11-25)15-5-1-2-7-17(15)23/h1-7,19H,8-13H2,(H,24,26). The summed E-state index contributed by atoms with van der Waals surface area (Å²) in [4.78, 5) is 14.9. The second-order valence-electron chi connectivity index (χ2n) is 6.33. The third-order valence-corrected chi connectivity index (χ3v) is 5.44. The van der Waals surface area contributed by atoms with Gasteiger partial charge in [-0.15, -0.1) is 0 Å². The van der Waals surface area contributed by atoms with Gasteiger partial charge in [-0.1, -0.05) is 53.5 Å². The summed E-state index contributed by atoms with van der Waals surface area (Å²) in [5.74, 6) is -0.623. The number of nitrogens with one attached hydrogen (secondary N) is 1. The number of carbonyl (C=O) groups excluding carboxylic acids is 1. The van der Waals surface area contributed by atoms with Gasteiger partial charge in [0.25, 0.3) is 0 Å². The third-order valence-electron chi connectivity index (χ3n) is 4.58. The Bertz CT molecular complexity index is 797. The number of ether oxygens (including phenoxy) is 1. The highest BCUT2D eigenvalue weighted by molar-refractivity contribution is 6.42. The van der Waals surface area contributed by atoms with E-state index in [2.05, 4.69) is 5.32 Å². The van der Waals surface area contributed by atoms with Crippen LogP contribution in [0.4, 0.5) is 4.39 Å². The number of halogens is 3. The molecule has 0 radical (unpaired) electrons. The first-order valence-corrected chi connectivity index (χ1v) is 9.60. The normalized spacial score (nSPS) is 16.1. The van der Waals surface area contributed by atoms with Gasteiger partial charge in [0.05, 0.1) is 23.3 Å². The van der Waals surface area contributed by atoms with Crippen LogP contribution in [0.1, 0.15) is 17.2 Å². The average molecular weight is 411 g/mol. The van der Waals surface area contributed by atoms with E-state index in [9.17, 15) is 9.18 Å². The van der Waals surface area contributed by atoms with E-state index in [1.807, 2.05) is 17.0 Å². The quantitative estimate of drug-likeness (QED) is 0.785. The number of hydrogen-bond acceptors (Lipinski definition) is 3. The van der Waals surface area contributed by atoms with Gasteiger partial charge in [-0.2, -0.15) is 0 Å². The molecule has 4 nitrogen and oxygen atoms in total. The molecule has 1 atom stereocenters. The van der Waals surface area contributed by atoms with Crippen molar-refractivity contribution in [3.8, 4) is 0 Å². The molecule has 1 heterocycles. The van der Waals surface area contributed by atoms with E-state index in [1.54, 1.807) is 24.3 Å². The Hall–Kier alpha value is -1.66. The molecule has 2 aromatic carbocycles. The largest absolute Gasteiger partial charge is 0.379 e. The van der Waals surface area contributed by atoms with Gasteiger partial charge in [-0.25, -0.2) is 4.39 Å². The maximum Gasteiger partial charge on any atom is 0.242 e. The Morgan fingerprint density at radius 1 is 1.15 bits per heavy atom. The van der Waals surface area contributed by atoms with Crippen LogP contribution in [0.3, 0.4) is 0 Å². The van der Waals surface area contributed by atoms with E-state index in [4.69, 9.17) is 27.9 Å². The molecule has 144 valence electrons. The van der Waals surface area contributed by atoms with E-state index < -0.39 is 6.04 Å². The second kappa shape index (κ2) is 9.51. The van der Waals surface area contributed by atoms with Crippen molar-refractivity contribution in [2.24, 2.45) is 0 Å². The van der Waals surface area contributed by atoms with Gasteiger partial charge in [0.1, 0.15) is 11.9 Å². The summed E-state index contributed by atoms with van der Waals surface area (Å²) in [6.07, 6.45) is 0.540. The smallest absolute Gasteiger partial charge is 0.242 e. The summed E-state index contributed by atoms with van der Waals surface area (Å²) in [6, 6.07) is 11.1. The molecule has 27 heavy (non-hydrogen) atoms. The SMILES string of the molecule is O=C(NCCc1cccc(Cl)c1Cl)C(c1ccccc1F)N1CCOCC1. The molecule has 1 saturated heterocycles. The lowest BCUT2D eigenvalue weighted by Gasteiger charge is -2.34. The molecule has 0 saturated carbocycles. The minimum absolute atomic E-state index is 0.236. The molecule has 0 aliphatic carbocycles. The van der Waals surface area contributed by atoms with Crippen molar-refractivity contribution in [3.05, 3.63) is 69.5 Å². The predicted molar refractivity (Wildman–Crippen MR) is 105 cm³/mol. The highest BCUT2D eigenvalue weighted by atomic mass is 35.5. The van der Waals surface area contributed by atoms with Crippen LogP contribution < -0.4 is 5.32 Å². The fraction of sp³-hybridized carbons (Fsp3) is 0.350. The fourth-order valence-corrected chi connectivity index (χ4v) is 3.61. The Kier molecular flexibility index (Phi) is 7.07. The molecule has 1 fully saturated rings. The fourth-order valence-electron chi connectivity index (χ4n) is 3.19. The maximum atomic E-state index is 14.4. The summed E-state index contributed by atoms with van der Waals surface area (Å²) in [7, 11) is 0. The Morgan fingerprint density at radius 2 is 1.89 bits per heavy atom. The number of rotatable bonds is 6. The minimum Gasteiger partial charge on any atom is -0.379 e. The van der Waals surface area contributed by atoms with E-state index in [1.165, 1.54) is 6.07 Å². The molecule has 1 N–H and O–H groups in total. The number of hydrogen-bond donors (Lipinski definition) is 1. The first-order valence-electron chi connectivity index (χ1n) is 8.84. The van der Waals surface area contributed by atoms with Gasteiger partial charge in [0.2, 0.25) is 5.91 Å². The van der Waals surface area contributed by atoms with Crippen LogP contribution >= 0.6 is 23.2 Å². The summed E-state index contributed by atoms with van der Waals surface area (Å²) < 4.78 is 19.7. The Balaban J connectivity index is 1.71. The molecular weight excluding hydrogens is 390 g/mol. The number of nitrogens with zero attached hydrogens (tertiary/aromatic N) is 1. The van der Waals surface area contributed by atoms with Gasteiger partial charge in [0.15, 0.2) is 0 Å². The van der Waals surface area contributed by atoms with Crippen LogP contribution in [0.15, 0.2) is 42.5 Å². The lowest BCUT2D eigenvalue weighted by molar-refractivity contribution is -0.128. The lowest BCUT2D eigenvalue weighted by atomic mass is 10.0. The molecule has 0 spiro atoms. The summed E-state index contributed by atoms with van der Waals surface area (Å²) >= 11 is 12.2. The van der Waals surface area contributed by atoms with Crippen LogP contribution in [0, 0.1) is 5.82 Å². The molecule has 0 aromatic heterocycles. The Morgan fingerprint density at radius 3 is 2.63 bits per heavy atom. The van der Waals surface area contributed by atoms with E-state index in [-0.39, 0.29) is 11.7 Å². The van der Waals surface area contributed by atoms with Crippen molar-refractivity contribution >= 4 is 29.1 Å². The van der Waals surface area contributed by atoms with E-state index in [0.717, 1.165) is 5.56 Å². The molecule has 7 heteroatoms. The van der Waals surface area contributed by atoms with Crippen LogP contribution in [-0.4, -0.2) is 43.7 Å². The van der Waals surface area contributed by atoms with Crippen molar-refractivity contribution < 1.29 is 13.9 Å². The number of carbonyl (C=O) groups is 1. The van der Waals surface area contributed by atoms with Crippen molar-refractivity contribution in [1.82, 2.24) is 10.2 Å². The van der Waals surface area contributed by atoms with Crippen LogP contribution in [0.2, 0.25) is 10.0 Å². The summed E-state index contributed by atoms with van der Waals surface area (Å²) in [5.41, 5.74) is 1.23. The van der Waals surface area contributed by atoms with Crippen LogP contribution in [-0.2, 0) is 16.0 Å². The first-order chi connectivity index (χ1) is 13.1. The van der Waals surface area contributed by atoms with Gasteiger partial charge in [-0.3, -0.25) is 9.69 Å². The van der Waals surface area contributed by atoms with Crippen LogP contribution in [0.5, 0.6) is 0 Å². The summed E-state index contributed by atoms with van der Waals surface area (Å²) in [5, 5.41) is 3.89. The third kappa shape index (κ3) is 4.99. The molecule has 3 rings (SSSR count). The molecule has 1 aliphatic heterocycles. The zero-order valence-corrected chi connectivity index (χ0v) is 16.3. The van der Waals surface area contributed by atoms with Gasteiger partial charge in [-0.05, 0) is 24.1 Å². The van der Waals surface area contributed by atoms with Crippen LogP contribution in [0.25, 0.3) is 0 Å². The summed E-state index contributed by atoms with van der Waals surface area (Å²) in [6.45, 7) is 2.58. The first kappa shape index (κ1) is 20.1. The number of morpholine rings is 1. The lowest BCUT2D eigenvalue weighted by Crippen LogP contribution is -2.46. The van der Waals surface area contributed by atoms with Gasteiger partial charge >= 0.3 is 0 Å². The van der Waals surface area contributed by atoms with E-state index in [0.29, 0.717) is 54.9 Å². The monoisotopic (exact) mass is 410 g/mol. The van der Waals surface area contributed by atoms with Crippen molar-refractivity contribution in [2.45, 2.75) is 12.5 Å². The topological polar surface area (TPSA) is 41.6 Å². The highest BCUT2D eigenvalue weighted by Gasteiger charge is 2.30. The predicted octanol–water partition coefficient (Wildman–Crippen LogP) is 3.86. The molecule has 1 aliphatic rings. The zero-order valence-electron chi connectivity index (χ0n) is 14.8. The maximum absolute atomic E-state index is 14.4. The van der Waals surface area contributed by atoms with E-state index >= 15 is 0 Å². The van der Waals surface area contributed by atoms with Crippen molar-refractivity contribution in [3.63, 3.8) is 0 Å². The zero-order chi connectivity index (χ0) is 19.2. The molecule has 2 aromatic rings. The molecule has 0 bridgehead atoms. The van der Waals surface area contributed by atoms with Crippen molar-refractivity contribution in [1.29, 1.82) is 0 Å². The van der Waals surface area contributed by atoms with Crippen molar-refractivity contribution in [2.75, 3.05) is 32.8 Å². The minimum atomic E-state index is -0.690.